The van der Waals surface area contributed by atoms with Gasteiger partial charge in [0.1, 0.15) is 0 Å². The number of benzene rings is 1. The van der Waals surface area contributed by atoms with Gasteiger partial charge in [0.15, 0.2) is 0 Å². The normalized spacial score (nSPS) is 10.4. The largest absolute Gasteiger partial charge is 0.328 e. The molecule has 2 aromatic rings. The zero-order valence-electron chi connectivity index (χ0n) is 10.7. The average Bonchev–Trinajstić information content (AvgIpc) is 2.73. The molecule has 0 spiro atoms. The molecule has 0 radical (unpaired) electrons. The summed E-state index contributed by atoms with van der Waals surface area (Å²) in [6.45, 7) is 0.517. The quantitative estimate of drug-likeness (QED) is 0.452. The van der Waals surface area contributed by atoms with Crippen LogP contribution in [0.15, 0.2) is 41.5 Å². The van der Waals surface area contributed by atoms with Crippen molar-refractivity contribution >= 4 is 5.91 Å². The van der Waals surface area contributed by atoms with E-state index in [-0.39, 0.29) is 18.0 Å². The van der Waals surface area contributed by atoms with E-state index in [1.165, 1.54) is 4.57 Å². The Labute approximate surface area is 110 Å². The number of carbonyl (C=O) groups is 1. The molecule has 0 aliphatic rings. The molecular weight excluding hydrogens is 244 g/mol. The van der Waals surface area contributed by atoms with Crippen LogP contribution in [0.1, 0.15) is 11.1 Å². The molecule has 19 heavy (non-hydrogen) atoms. The van der Waals surface area contributed by atoms with Gasteiger partial charge >= 0.3 is 5.69 Å². The standard InChI is InChI=1S/C13H16N4O2/c1-16-6-7-17(13(16)19)9-11-4-2-10(3-5-11)8-12(18)15-14/h2-7H,8-9,14H2,1H3,(H,15,18). The van der Waals surface area contributed by atoms with Crippen molar-refractivity contribution in [2.45, 2.75) is 13.0 Å². The van der Waals surface area contributed by atoms with E-state index in [0.29, 0.717) is 6.54 Å². The Morgan fingerprint density at radius 2 is 1.84 bits per heavy atom. The van der Waals surface area contributed by atoms with Crippen LogP contribution in [0.3, 0.4) is 0 Å². The summed E-state index contributed by atoms with van der Waals surface area (Å²) in [5.41, 5.74) is 3.93. The van der Waals surface area contributed by atoms with Gasteiger partial charge < -0.3 is 4.57 Å². The molecule has 1 amide bonds. The zero-order chi connectivity index (χ0) is 13.8. The van der Waals surface area contributed by atoms with E-state index in [1.807, 2.05) is 24.3 Å². The van der Waals surface area contributed by atoms with Gasteiger partial charge in [0.2, 0.25) is 5.91 Å². The lowest BCUT2D eigenvalue weighted by molar-refractivity contribution is -0.120. The Bertz CT molecular complexity index is 625. The predicted molar refractivity (Wildman–Crippen MR) is 71.3 cm³/mol. The highest BCUT2D eigenvalue weighted by molar-refractivity contribution is 5.77. The third-order valence-corrected chi connectivity index (χ3v) is 2.92. The highest BCUT2D eigenvalue weighted by atomic mass is 16.2. The first-order valence-electron chi connectivity index (χ1n) is 5.89. The van der Waals surface area contributed by atoms with Crippen molar-refractivity contribution in [1.82, 2.24) is 14.6 Å². The van der Waals surface area contributed by atoms with Gasteiger partial charge in [-0.2, -0.15) is 0 Å². The molecule has 1 heterocycles. The van der Waals surface area contributed by atoms with E-state index in [2.05, 4.69) is 5.43 Å². The highest BCUT2D eigenvalue weighted by Crippen LogP contribution is 2.06. The van der Waals surface area contributed by atoms with Crippen molar-refractivity contribution in [3.05, 3.63) is 58.3 Å². The topological polar surface area (TPSA) is 82.1 Å². The van der Waals surface area contributed by atoms with Gasteiger partial charge in [-0.3, -0.25) is 14.8 Å². The molecule has 2 rings (SSSR count). The number of nitrogens with one attached hydrogen (secondary N) is 1. The molecule has 0 aliphatic heterocycles. The first-order valence-corrected chi connectivity index (χ1v) is 5.89. The van der Waals surface area contributed by atoms with E-state index >= 15 is 0 Å². The summed E-state index contributed by atoms with van der Waals surface area (Å²) in [5.74, 6) is 4.80. The van der Waals surface area contributed by atoms with Crippen LogP contribution in [-0.4, -0.2) is 15.0 Å². The molecule has 1 aromatic heterocycles. The van der Waals surface area contributed by atoms with Gasteiger partial charge in [-0.1, -0.05) is 24.3 Å². The van der Waals surface area contributed by atoms with Crippen LogP contribution in [0.2, 0.25) is 0 Å². The lowest BCUT2D eigenvalue weighted by Crippen LogP contribution is -2.31. The molecule has 0 bridgehead atoms. The summed E-state index contributed by atoms with van der Waals surface area (Å²) in [6.07, 6.45) is 3.72. The number of aromatic nitrogens is 2. The Hall–Kier alpha value is -2.34. The summed E-state index contributed by atoms with van der Waals surface area (Å²) < 4.78 is 3.15. The van der Waals surface area contributed by atoms with Gasteiger partial charge in [-0.15, -0.1) is 0 Å². The van der Waals surface area contributed by atoms with E-state index in [0.717, 1.165) is 11.1 Å². The molecule has 0 saturated heterocycles. The van der Waals surface area contributed by atoms with Crippen LogP contribution in [0.25, 0.3) is 0 Å². The van der Waals surface area contributed by atoms with E-state index < -0.39 is 0 Å². The monoisotopic (exact) mass is 260 g/mol. The SMILES string of the molecule is Cn1ccn(Cc2ccc(CC(=O)NN)cc2)c1=O. The number of hydrazine groups is 1. The minimum atomic E-state index is -0.230. The minimum Gasteiger partial charge on any atom is -0.302 e. The van der Waals surface area contributed by atoms with Crippen LogP contribution >= 0.6 is 0 Å². The van der Waals surface area contributed by atoms with E-state index in [4.69, 9.17) is 5.84 Å². The number of hydrogen-bond acceptors (Lipinski definition) is 3. The Morgan fingerprint density at radius 1 is 1.21 bits per heavy atom. The van der Waals surface area contributed by atoms with Crippen molar-refractivity contribution in [1.29, 1.82) is 0 Å². The van der Waals surface area contributed by atoms with Gasteiger partial charge in [-0.05, 0) is 11.1 Å². The molecule has 0 unspecified atom stereocenters. The molecule has 1 aromatic carbocycles. The van der Waals surface area contributed by atoms with Gasteiger partial charge in [0, 0.05) is 19.4 Å². The van der Waals surface area contributed by atoms with Gasteiger partial charge in [0.25, 0.3) is 0 Å². The second kappa shape index (κ2) is 5.53. The summed E-state index contributed by atoms with van der Waals surface area (Å²) in [7, 11) is 1.72. The minimum absolute atomic E-state index is 0.0495. The molecule has 6 nitrogen and oxygen atoms in total. The molecule has 0 fully saturated rings. The van der Waals surface area contributed by atoms with E-state index in [1.54, 1.807) is 24.0 Å². The van der Waals surface area contributed by atoms with Crippen molar-refractivity contribution in [3.8, 4) is 0 Å². The van der Waals surface area contributed by atoms with Crippen LogP contribution in [-0.2, 0) is 24.8 Å². The first-order chi connectivity index (χ1) is 9.10. The maximum atomic E-state index is 11.7. The molecule has 0 saturated carbocycles. The smallest absolute Gasteiger partial charge is 0.302 e. The summed E-state index contributed by atoms with van der Waals surface area (Å²) in [4.78, 5) is 22.8. The Balaban J connectivity index is 2.09. The predicted octanol–water partition coefficient (Wildman–Crippen LogP) is -0.233. The fraction of sp³-hybridized carbons (Fsp3) is 0.231. The molecule has 3 N–H and O–H groups in total. The number of hydrogen-bond donors (Lipinski definition) is 2. The first kappa shape index (κ1) is 13.1. The van der Waals surface area contributed by atoms with Crippen molar-refractivity contribution in [2.24, 2.45) is 12.9 Å². The third-order valence-electron chi connectivity index (χ3n) is 2.92. The highest BCUT2D eigenvalue weighted by Gasteiger charge is 2.03. The Morgan fingerprint density at radius 3 is 2.37 bits per heavy atom. The van der Waals surface area contributed by atoms with Crippen LogP contribution in [0.5, 0.6) is 0 Å². The molecule has 100 valence electrons. The lowest BCUT2D eigenvalue weighted by atomic mass is 10.1. The molecule has 6 heteroatoms. The lowest BCUT2D eigenvalue weighted by Gasteiger charge is -2.04. The fourth-order valence-corrected chi connectivity index (χ4v) is 1.83. The van der Waals surface area contributed by atoms with Crippen LogP contribution in [0.4, 0.5) is 0 Å². The van der Waals surface area contributed by atoms with E-state index in [9.17, 15) is 9.59 Å². The maximum Gasteiger partial charge on any atom is 0.328 e. The second-order valence-electron chi connectivity index (χ2n) is 4.38. The zero-order valence-corrected chi connectivity index (χ0v) is 10.7. The van der Waals surface area contributed by atoms with Crippen molar-refractivity contribution < 1.29 is 4.79 Å². The van der Waals surface area contributed by atoms with Crippen LogP contribution < -0.4 is 17.0 Å². The number of nitrogens with zero attached hydrogens (tertiary/aromatic N) is 2. The summed E-state index contributed by atoms with van der Waals surface area (Å²) >= 11 is 0. The Kier molecular flexibility index (Phi) is 3.82. The number of imidazole rings is 1. The number of nitrogens with two attached hydrogens (primary N) is 1. The molecule has 0 atom stereocenters. The van der Waals surface area contributed by atoms with Gasteiger partial charge in [0.05, 0.1) is 13.0 Å². The van der Waals surface area contributed by atoms with Crippen LogP contribution in [0, 0.1) is 0 Å². The maximum absolute atomic E-state index is 11.7. The summed E-state index contributed by atoms with van der Waals surface area (Å²) in [5, 5.41) is 0. The number of carbonyl (C=O) groups excluding carboxylic acids is 1. The average molecular weight is 260 g/mol. The van der Waals surface area contributed by atoms with Crippen molar-refractivity contribution in [3.63, 3.8) is 0 Å². The molecular formula is C13H16N4O2. The summed E-state index contributed by atoms with van der Waals surface area (Å²) in [6, 6.07) is 7.52. The third kappa shape index (κ3) is 3.11. The van der Waals surface area contributed by atoms with Gasteiger partial charge in [-0.25, -0.2) is 10.6 Å². The number of rotatable bonds is 4. The second-order valence-corrected chi connectivity index (χ2v) is 4.38. The fourth-order valence-electron chi connectivity index (χ4n) is 1.83. The number of amides is 1. The number of aryl methyl sites for hydroxylation is 1. The van der Waals surface area contributed by atoms with Crippen molar-refractivity contribution in [2.75, 3.05) is 0 Å². The molecule has 0 aliphatic carbocycles.